The fraction of sp³-hybridized carbons (Fsp3) is 0.455. The van der Waals surface area contributed by atoms with Crippen LogP contribution in [0.1, 0.15) is 31.4 Å². The molecular weight excluding hydrogens is 261 g/mol. The van der Waals surface area contributed by atoms with E-state index in [1.807, 2.05) is 6.07 Å². The van der Waals surface area contributed by atoms with E-state index in [-0.39, 0.29) is 18.0 Å². The first-order valence-corrected chi connectivity index (χ1v) is 5.84. The van der Waals surface area contributed by atoms with E-state index in [1.165, 1.54) is 6.07 Å². The molecule has 4 heteroatoms. The van der Waals surface area contributed by atoms with E-state index in [9.17, 15) is 4.39 Å². The highest BCUT2D eigenvalue weighted by Gasteiger charge is 2.33. The number of benzene rings is 1. The second-order valence-corrected chi connectivity index (χ2v) is 4.69. The van der Waals surface area contributed by atoms with E-state index in [4.69, 9.17) is 10.5 Å². The highest BCUT2D eigenvalue weighted by molar-refractivity contribution is 9.10. The molecule has 0 saturated heterocycles. The monoisotopic (exact) mass is 273 g/mol. The van der Waals surface area contributed by atoms with Crippen molar-refractivity contribution >= 4 is 15.9 Å². The molecule has 2 nitrogen and oxygen atoms in total. The van der Waals surface area contributed by atoms with Crippen LogP contribution < -0.4 is 10.5 Å². The molecule has 0 amide bonds. The summed E-state index contributed by atoms with van der Waals surface area (Å²) in [4.78, 5) is 0. The van der Waals surface area contributed by atoms with Gasteiger partial charge in [0.25, 0.3) is 0 Å². The highest BCUT2D eigenvalue weighted by atomic mass is 79.9. The minimum atomic E-state index is -0.339. The number of rotatable bonds is 2. The third-order valence-corrected chi connectivity index (χ3v) is 3.10. The van der Waals surface area contributed by atoms with Crippen molar-refractivity contribution in [3.63, 3.8) is 0 Å². The Hall–Kier alpha value is -0.610. The summed E-state index contributed by atoms with van der Waals surface area (Å²) in [5, 5.41) is 0. The molecular formula is C11H13BrFNO. The van der Waals surface area contributed by atoms with Crippen LogP contribution >= 0.6 is 15.9 Å². The summed E-state index contributed by atoms with van der Waals surface area (Å²) in [6.45, 7) is 2.06. The molecule has 0 aliphatic carbocycles. The Morgan fingerprint density at radius 2 is 2.27 bits per heavy atom. The molecule has 0 radical (unpaired) electrons. The van der Waals surface area contributed by atoms with Crippen LogP contribution in [0.5, 0.6) is 5.75 Å². The van der Waals surface area contributed by atoms with Crippen molar-refractivity contribution in [2.45, 2.75) is 31.9 Å². The Bertz CT molecular complexity index is 383. The third kappa shape index (κ3) is 1.88. The van der Waals surface area contributed by atoms with Crippen LogP contribution in [-0.4, -0.2) is 6.10 Å². The van der Waals surface area contributed by atoms with Gasteiger partial charge in [-0.25, -0.2) is 4.39 Å². The molecule has 0 saturated carbocycles. The van der Waals surface area contributed by atoms with Crippen LogP contribution in [0.3, 0.4) is 0 Å². The summed E-state index contributed by atoms with van der Waals surface area (Å²) in [5.41, 5.74) is 6.77. The molecule has 0 spiro atoms. The van der Waals surface area contributed by atoms with E-state index >= 15 is 0 Å². The van der Waals surface area contributed by atoms with Crippen LogP contribution in [0.2, 0.25) is 0 Å². The average molecular weight is 274 g/mol. The molecule has 1 aromatic rings. The summed E-state index contributed by atoms with van der Waals surface area (Å²) < 4.78 is 19.8. The van der Waals surface area contributed by atoms with Crippen LogP contribution in [0, 0.1) is 5.82 Å². The van der Waals surface area contributed by atoms with Crippen LogP contribution in [0.15, 0.2) is 16.6 Å². The fourth-order valence-electron chi connectivity index (χ4n) is 1.90. The largest absolute Gasteiger partial charge is 0.485 e. The summed E-state index contributed by atoms with van der Waals surface area (Å²) in [5.74, 6) is -0.0161. The molecule has 1 heterocycles. The van der Waals surface area contributed by atoms with Crippen LogP contribution in [0.4, 0.5) is 4.39 Å². The van der Waals surface area contributed by atoms with Gasteiger partial charge in [-0.1, -0.05) is 29.3 Å². The number of hydrogen-bond donors (Lipinski definition) is 1. The standard InChI is InChI=1S/C11H13BrFNO/c1-2-3-9-10(14)7-4-6(12)5-8(13)11(7)15-9/h4-5,9-10H,2-3,14H2,1H3. The first-order chi connectivity index (χ1) is 7.13. The van der Waals surface area contributed by atoms with Gasteiger partial charge in [0.15, 0.2) is 11.6 Å². The molecule has 2 unspecified atom stereocenters. The first-order valence-electron chi connectivity index (χ1n) is 5.04. The predicted octanol–water partition coefficient (Wildman–Crippen LogP) is 3.15. The lowest BCUT2D eigenvalue weighted by molar-refractivity contribution is 0.188. The van der Waals surface area contributed by atoms with E-state index in [1.54, 1.807) is 0 Å². The molecule has 2 atom stereocenters. The van der Waals surface area contributed by atoms with Crippen molar-refractivity contribution in [3.05, 3.63) is 28.0 Å². The Kier molecular flexibility index (Phi) is 2.98. The Morgan fingerprint density at radius 1 is 1.53 bits per heavy atom. The van der Waals surface area contributed by atoms with Crippen molar-refractivity contribution in [1.82, 2.24) is 0 Å². The summed E-state index contributed by atoms with van der Waals surface area (Å²) in [6.07, 6.45) is 1.75. The van der Waals surface area contributed by atoms with Gasteiger partial charge in [-0.05, 0) is 18.6 Å². The summed E-state index contributed by atoms with van der Waals surface area (Å²) in [7, 11) is 0. The fourth-order valence-corrected chi connectivity index (χ4v) is 2.35. The van der Waals surface area contributed by atoms with Gasteiger partial charge in [0.05, 0.1) is 6.04 Å². The molecule has 1 aromatic carbocycles. The summed E-state index contributed by atoms with van der Waals surface area (Å²) in [6, 6.07) is 3.02. The highest BCUT2D eigenvalue weighted by Crippen LogP contribution is 2.40. The number of hydrogen-bond acceptors (Lipinski definition) is 2. The van der Waals surface area contributed by atoms with E-state index < -0.39 is 0 Å². The second kappa shape index (κ2) is 4.10. The van der Waals surface area contributed by atoms with E-state index in [2.05, 4.69) is 22.9 Å². The van der Waals surface area contributed by atoms with Crippen molar-refractivity contribution in [2.24, 2.45) is 5.73 Å². The molecule has 82 valence electrons. The Morgan fingerprint density at radius 3 is 2.93 bits per heavy atom. The molecule has 1 aliphatic heterocycles. The van der Waals surface area contributed by atoms with Crippen molar-refractivity contribution < 1.29 is 9.13 Å². The Labute approximate surface area is 96.7 Å². The predicted molar refractivity (Wildman–Crippen MR) is 60.4 cm³/mol. The maximum absolute atomic E-state index is 13.5. The third-order valence-electron chi connectivity index (χ3n) is 2.64. The zero-order chi connectivity index (χ0) is 11.0. The molecule has 0 fully saturated rings. The number of ether oxygens (including phenoxy) is 1. The van der Waals surface area contributed by atoms with E-state index in [0.717, 1.165) is 18.4 Å². The Balaban J connectivity index is 2.36. The topological polar surface area (TPSA) is 35.2 Å². The van der Waals surface area contributed by atoms with Gasteiger partial charge in [0.2, 0.25) is 0 Å². The lowest BCUT2D eigenvalue weighted by Gasteiger charge is -2.13. The van der Waals surface area contributed by atoms with Crippen molar-refractivity contribution in [1.29, 1.82) is 0 Å². The maximum atomic E-state index is 13.5. The minimum absolute atomic E-state index is 0.0891. The number of nitrogens with two attached hydrogens (primary N) is 1. The number of halogens is 2. The first kappa shape index (κ1) is 10.9. The molecule has 0 aromatic heterocycles. The molecule has 2 N–H and O–H groups in total. The average Bonchev–Trinajstić information content (AvgIpc) is 2.47. The van der Waals surface area contributed by atoms with Gasteiger partial charge in [-0.2, -0.15) is 0 Å². The van der Waals surface area contributed by atoms with Gasteiger partial charge < -0.3 is 10.5 Å². The lowest BCUT2D eigenvalue weighted by atomic mass is 10.0. The van der Waals surface area contributed by atoms with Gasteiger partial charge in [-0.15, -0.1) is 0 Å². The van der Waals surface area contributed by atoms with Crippen LogP contribution in [-0.2, 0) is 0 Å². The van der Waals surface area contributed by atoms with Gasteiger partial charge >= 0.3 is 0 Å². The smallest absolute Gasteiger partial charge is 0.166 e. The van der Waals surface area contributed by atoms with Crippen molar-refractivity contribution in [3.8, 4) is 5.75 Å². The normalized spacial score (nSPS) is 23.7. The van der Waals surface area contributed by atoms with Gasteiger partial charge in [0, 0.05) is 10.0 Å². The quantitative estimate of drug-likeness (QED) is 0.899. The maximum Gasteiger partial charge on any atom is 0.166 e. The van der Waals surface area contributed by atoms with Gasteiger partial charge in [-0.3, -0.25) is 0 Å². The molecule has 2 rings (SSSR count). The second-order valence-electron chi connectivity index (χ2n) is 3.78. The molecule has 15 heavy (non-hydrogen) atoms. The zero-order valence-electron chi connectivity index (χ0n) is 8.47. The minimum Gasteiger partial charge on any atom is -0.485 e. The van der Waals surface area contributed by atoms with Crippen LogP contribution in [0.25, 0.3) is 0 Å². The van der Waals surface area contributed by atoms with Gasteiger partial charge in [0.1, 0.15) is 6.10 Å². The lowest BCUT2D eigenvalue weighted by Crippen LogP contribution is -2.24. The van der Waals surface area contributed by atoms with Crippen molar-refractivity contribution in [2.75, 3.05) is 0 Å². The molecule has 1 aliphatic rings. The zero-order valence-corrected chi connectivity index (χ0v) is 10.1. The van der Waals surface area contributed by atoms with E-state index in [0.29, 0.717) is 10.2 Å². The SMILES string of the molecule is CCCC1Oc2c(F)cc(Br)cc2C1N. The molecule has 0 bridgehead atoms. The number of fused-ring (bicyclic) bond motifs is 1. The summed E-state index contributed by atoms with van der Waals surface area (Å²) >= 11 is 3.25.